The Bertz CT molecular complexity index is 436. The van der Waals surface area contributed by atoms with Crippen LogP contribution in [0.25, 0.3) is 0 Å². The SMILES string of the molecule is CN(CC(N)=O)CC(=O)N(C)Cc1cc(Br)cs1. The summed E-state index contributed by atoms with van der Waals surface area (Å²) in [7, 11) is 3.44. The van der Waals surface area contributed by atoms with Crippen molar-refractivity contribution in [2.75, 3.05) is 27.2 Å². The predicted molar refractivity (Wildman–Crippen MR) is 75.2 cm³/mol. The molecule has 0 saturated heterocycles. The van der Waals surface area contributed by atoms with Crippen LogP contribution in [0.5, 0.6) is 0 Å². The van der Waals surface area contributed by atoms with Gasteiger partial charge in [-0.3, -0.25) is 14.5 Å². The van der Waals surface area contributed by atoms with E-state index in [1.54, 1.807) is 35.2 Å². The molecule has 1 rings (SSSR count). The molecule has 2 N–H and O–H groups in total. The van der Waals surface area contributed by atoms with E-state index in [1.165, 1.54) is 0 Å². The van der Waals surface area contributed by atoms with Gasteiger partial charge < -0.3 is 10.6 Å². The van der Waals surface area contributed by atoms with Gasteiger partial charge in [0.05, 0.1) is 19.6 Å². The number of carbonyl (C=O) groups excluding carboxylic acids is 2. The second kappa shape index (κ2) is 6.86. The molecule has 0 unspecified atom stereocenters. The van der Waals surface area contributed by atoms with Crippen molar-refractivity contribution < 1.29 is 9.59 Å². The van der Waals surface area contributed by atoms with Crippen LogP contribution in [0.4, 0.5) is 0 Å². The van der Waals surface area contributed by atoms with Gasteiger partial charge >= 0.3 is 0 Å². The molecule has 0 aliphatic carbocycles. The Morgan fingerprint density at radius 3 is 2.56 bits per heavy atom. The van der Waals surface area contributed by atoms with Gasteiger partial charge in [-0.1, -0.05) is 0 Å². The maximum absolute atomic E-state index is 11.9. The van der Waals surface area contributed by atoms with Gasteiger partial charge in [0.15, 0.2) is 0 Å². The highest BCUT2D eigenvalue weighted by Gasteiger charge is 2.13. The van der Waals surface area contributed by atoms with E-state index < -0.39 is 5.91 Å². The van der Waals surface area contributed by atoms with E-state index in [2.05, 4.69) is 15.9 Å². The number of nitrogens with zero attached hydrogens (tertiary/aromatic N) is 2. The van der Waals surface area contributed by atoms with Gasteiger partial charge in [-0.2, -0.15) is 0 Å². The maximum Gasteiger partial charge on any atom is 0.236 e. The Morgan fingerprint density at radius 1 is 1.39 bits per heavy atom. The van der Waals surface area contributed by atoms with Crippen molar-refractivity contribution in [1.82, 2.24) is 9.80 Å². The zero-order valence-corrected chi connectivity index (χ0v) is 12.8. The van der Waals surface area contributed by atoms with E-state index >= 15 is 0 Å². The topological polar surface area (TPSA) is 66.6 Å². The Morgan fingerprint density at radius 2 is 2.06 bits per heavy atom. The third-order valence-electron chi connectivity index (χ3n) is 2.27. The van der Waals surface area contributed by atoms with Gasteiger partial charge in [-0.05, 0) is 29.0 Å². The van der Waals surface area contributed by atoms with Gasteiger partial charge in [0.1, 0.15) is 0 Å². The zero-order valence-electron chi connectivity index (χ0n) is 10.4. The summed E-state index contributed by atoms with van der Waals surface area (Å²) in [6, 6.07) is 1.99. The molecule has 100 valence electrons. The normalized spacial score (nSPS) is 10.7. The molecule has 0 aromatic carbocycles. The van der Waals surface area contributed by atoms with Crippen molar-refractivity contribution in [3.05, 3.63) is 20.8 Å². The molecule has 0 fully saturated rings. The molecule has 7 heteroatoms. The Kier molecular flexibility index (Phi) is 5.77. The lowest BCUT2D eigenvalue weighted by Crippen LogP contribution is -2.39. The van der Waals surface area contributed by atoms with E-state index in [9.17, 15) is 9.59 Å². The molecule has 1 heterocycles. The van der Waals surface area contributed by atoms with Gasteiger partial charge in [-0.15, -0.1) is 11.3 Å². The first-order valence-electron chi connectivity index (χ1n) is 5.32. The molecule has 0 aliphatic rings. The Hall–Kier alpha value is -0.920. The van der Waals surface area contributed by atoms with Crippen LogP contribution in [0.3, 0.4) is 0 Å². The first-order chi connectivity index (χ1) is 8.38. The number of hydrogen-bond donors (Lipinski definition) is 1. The Labute approximate surface area is 119 Å². The van der Waals surface area contributed by atoms with Crippen LogP contribution in [-0.4, -0.2) is 48.8 Å². The van der Waals surface area contributed by atoms with Crippen molar-refractivity contribution in [2.45, 2.75) is 6.54 Å². The number of halogens is 1. The highest BCUT2D eigenvalue weighted by atomic mass is 79.9. The molecule has 0 radical (unpaired) electrons. The van der Waals surface area contributed by atoms with Crippen molar-refractivity contribution >= 4 is 39.1 Å². The lowest BCUT2D eigenvalue weighted by atomic mass is 10.4. The predicted octanol–water partition coefficient (Wildman–Crippen LogP) is 0.886. The number of primary amides is 1. The lowest BCUT2D eigenvalue weighted by Gasteiger charge is -2.20. The van der Waals surface area contributed by atoms with Gasteiger partial charge in [-0.25, -0.2) is 0 Å². The summed E-state index contributed by atoms with van der Waals surface area (Å²) < 4.78 is 1.02. The van der Waals surface area contributed by atoms with Gasteiger partial charge in [0.25, 0.3) is 0 Å². The fourth-order valence-corrected chi connectivity index (χ4v) is 2.94. The molecule has 1 aromatic heterocycles. The summed E-state index contributed by atoms with van der Waals surface area (Å²) in [5.74, 6) is -0.474. The molecule has 1 aromatic rings. The average molecular weight is 334 g/mol. The highest BCUT2D eigenvalue weighted by Crippen LogP contribution is 2.20. The molecule has 0 spiro atoms. The summed E-state index contributed by atoms with van der Waals surface area (Å²) in [5, 5.41) is 1.98. The standard InChI is InChI=1S/C11H16BrN3O2S/c1-14(5-10(13)16)6-11(17)15(2)4-9-3-8(12)7-18-9/h3,7H,4-6H2,1-2H3,(H2,13,16). The monoisotopic (exact) mass is 333 g/mol. The fourth-order valence-electron chi connectivity index (χ4n) is 1.43. The number of carbonyl (C=O) groups is 2. The smallest absolute Gasteiger partial charge is 0.236 e. The van der Waals surface area contributed by atoms with Crippen LogP contribution >= 0.6 is 27.3 Å². The van der Waals surface area contributed by atoms with Crippen LogP contribution in [0, 0.1) is 0 Å². The molecular formula is C11H16BrN3O2S. The second-order valence-electron chi connectivity index (χ2n) is 4.12. The number of hydrogen-bond acceptors (Lipinski definition) is 4. The Balaban J connectivity index is 2.44. The molecule has 0 saturated carbocycles. The minimum atomic E-state index is -0.435. The van der Waals surface area contributed by atoms with E-state index in [1.807, 2.05) is 11.4 Å². The van der Waals surface area contributed by atoms with E-state index in [-0.39, 0.29) is 19.0 Å². The molecule has 0 bridgehead atoms. The van der Waals surface area contributed by atoms with Crippen LogP contribution < -0.4 is 5.73 Å². The van der Waals surface area contributed by atoms with Crippen LogP contribution in [0.15, 0.2) is 15.9 Å². The third kappa shape index (κ3) is 5.16. The van der Waals surface area contributed by atoms with Crippen molar-refractivity contribution in [3.8, 4) is 0 Å². The van der Waals surface area contributed by atoms with E-state index in [4.69, 9.17) is 5.73 Å². The first kappa shape index (κ1) is 15.1. The molecule has 0 atom stereocenters. The zero-order chi connectivity index (χ0) is 13.7. The van der Waals surface area contributed by atoms with Gasteiger partial charge in [0, 0.05) is 21.8 Å². The summed E-state index contributed by atoms with van der Waals surface area (Å²) in [6.07, 6.45) is 0. The third-order valence-corrected chi connectivity index (χ3v) is 3.95. The number of likely N-dealkylation sites (N-methyl/N-ethyl adjacent to an activating group) is 2. The average Bonchev–Trinajstić information content (AvgIpc) is 2.62. The van der Waals surface area contributed by atoms with Crippen molar-refractivity contribution in [3.63, 3.8) is 0 Å². The second-order valence-corrected chi connectivity index (χ2v) is 6.03. The largest absolute Gasteiger partial charge is 0.369 e. The minimum absolute atomic E-state index is 0.0386. The first-order valence-corrected chi connectivity index (χ1v) is 6.99. The summed E-state index contributed by atoms with van der Waals surface area (Å²) >= 11 is 4.97. The fraction of sp³-hybridized carbons (Fsp3) is 0.455. The van der Waals surface area contributed by atoms with Crippen molar-refractivity contribution in [2.24, 2.45) is 5.73 Å². The van der Waals surface area contributed by atoms with Crippen molar-refractivity contribution in [1.29, 1.82) is 0 Å². The van der Waals surface area contributed by atoms with Crippen LogP contribution in [0.1, 0.15) is 4.88 Å². The summed E-state index contributed by atoms with van der Waals surface area (Å²) in [4.78, 5) is 26.9. The lowest BCUT2D eigenvalue weighted by molar-refractivity contribution is -0.131. The molecule has 0 aliphatic heterocycles. The maximum atomic E-state index is 11.9. The summed E-state index contributed by atoms with van der Waals surface area (Å²) in [6.45, 7) is 0.843. The quantitative estimate of drug-likeness (QED) is 0.840. The van der Waals surface area contributed by atoms with Crippen LogP contribution in [-0.2, 0) is 16.1 Å². The molecular weight excluding hydrogens is 318 g/mol. The number of nitrogens with two attached hydrogens (primary N) is 1. The number of rotatable bonds is 6. The number of thiophene rings is 1. The highest BCUT2D eigenvalue weighted by molar-refractivity contribution is 9.10. The van der Waals surface area contributed by atoms with E-state index in [0.29, 0.717) is 6.54 Å². The van der Waals surface area contributed by atoms with Crippen LogP contribution in [0.2, 0.25) is 0 Å². The minimum Gasteiger partial charge on any atom is -0.369 e. The number of amides is 2. The summed E-state index contributed by atoms with van der Waals surface area (Å²) in [5.41, 5.74) is 5.06. The van der Waals surface area contributed by atoms with E-state index in [0.717, 1.165) is 9.35 Å². The van der Waals surface area contributed by atoms with Gasteiger partial charge in [0.2, 0.25) is 11.8 Å². The molecule has 2 amide bonds. The molecule has 18 heavy (non-hydrogen) atoms. The molecule has 5 nitrogen and oxygen atoms in total.